The zero-order chi connectivity index (χ0) is 14.8. The van der Waals surface area contributed by atoms with Crippen molar-refractivity contribution in [2.24, 2.45) is 5.73 Å². The standard InChI is InChI=1S/C15H21IN2O2/c1-15(2,17)14(19)18-9-7-11(8-10-18)20-13-6-4-3-5-12(13)16/h3-6,11H,7-10,17H2,1-2H3. The van der Waals surface area contributed by atoms with E-state index in [1.807, 2.05) is 29.2 Å². The highest BCUT2D eigenvalue weighted by molar-refractivity contribution is 14.1. The molecule has 0 radical (unpaired) electrons. The van der Waals surface area contributed by atoms with Crippen LogP contribution in [0, 0.1) is 3.57 Å². The number of hydrogen-bond acceptors (Lipinski definition) is 3. The van der Waals surface area contributed by atoms with Gasteiger partial charge in [-0.1, -0.05) is 12.1 Å². The number of nitrogens with zero attached hydrogens (tertiary/aromatic N) is 1. The van der Waals surface area contributed by atoms with E-state index in [2.05, 4.69) is 22.6 Å². The number of benzene rings is 1. The quantitative estimate of drug-likeness (QED) is 0.810. The Morgan fingerprint density at radius 3 is 2.50 bits per heavy atom. The van der Waals surface area contributed by atoms with Crippen LogP contribution in [-0.2, 0) is 4.79 Å². The van der Waals surface area contributed by atoms with Crippen molar-refractivity contribution in [3.8, 4) is 5.75 Å². The minimum absolute atomic E-state index is 0.0187. The Bertz CT molecular complexity index is 477. The van der Waals surface area contributed by atoms with Gasteiger partial charge in [0.25, 0.3) is 0 Å². The Hall–Kier alpha value is -0.820. The number of piperidine rings is 1. The molecule has 1 heterocycles. The van der Waals surface area contributed by atoms with Crippen LogP contribution in [0.5, 0.6) is 5.75 Å². The van der Waals surface area contributed by atoms with Crippen LogP contribution < -0.4 is 10.5 Å². The van der Waals surface area contributed by atoms with Crippen LogP contribution in [0.2, 0.25) is 0 Å². The van der Waals surface area contributed by atoms with Crippen LogP contribution in [0.15, 0.2) is 24.3 Å². The zero-order valence-corrected chi connectivity index (χ0v) is 14.1. The topological polar surface area (TPSA) is 55.6 Å². The molecule has 0 spiro atoms. The van der Waals surface area contributed by atoms with Gasteiger partial charge in [0.2, 0.25) is 5.91 Å². The molecule has 110 valence electrons. The number of halogens is 1. The maximum atomic E-state index is 12.1. The van der Waals surface area contributed by atoms with E-state index in [0.29, 0.717) is 13.1 Å². The summed E-state index contributed by atoms with van der Waals surface area (Å²) in [6, 6.07) is 8.00. The van der Waals surface area contributed by atoms with Gasteiger partial charge in [0.05, 0.1) is 9.11 Å². The Balaban J connectivity index is 1.89. The summed E-state index contributed by atoms with van der Waals surface area (Å²) in [5.74, 6) is 0.947. The van der Waals surface area contributed by atoms with E-state index in [1.165, 1.54) is 0 Å². The van der Waals surface area contributed by atoms with Gasteiger partial charge < -0.3 is 15.4 Å². The van der Waals surface area contributed by atoms with Gasteiger partial charge >= 0.3 is 0 Å². The van der Waals surface area contributed by atoms with E-state index >= 15 is 0 Å². The molecule has 4 nitrogen and oxygen atoms in total. The molecule has 1 aromatic rings. The highest BCUT2D eigenvalue weighted by atomic mass is 127. The van der Waals surface area contributed by atoms with Gasteiger partial charge in [-0.25, -0.2) is 0 Å². The lowest BCUT2D eigenvalue weighted by Gasteiger charge is -2.35. The van der Waals surface area contributed by atoms with E-state index in [4.69, 9.17) is 10.5 Å². The number of likely N-dealkylation sites (tertiary alicyclic amines) is 1. The number of ether oxygens (including phenoxy) is 1. The van der Waals surface area contributed by atoms with Crippen LogP contribution in [0.3, 0.4) is 0 Å². The average molecular weight is 388 g/mol. The van der Waals surface area contributed by atoms with Crippen molar-refractivity contribution in [3.05, 3.63) is 27.8 Å². The summed E-state index contributed by atoms with van der Waals surface area (Å²) in [6.45, 7) is 4.94. The van der Waals surface area contributed by atoms with Crippen molar-refractivity contribution in [2.45, 2.75) is 38.3 Å². The first-order valence-corrected chi connectivity index (χ1v) is 7.95. The number of carbonyl (C=O) groups is 1. The predicted molar refractivity (Wildman–Crippen MR) is 87.7 cm³/mol. The number of carbonyl (C=O) groups excluding carboxylic acids is 1. The Kier molecular flexibility index (Phi) is 4.90. The van der Waals surface area contributed by atoms with E-state index in [-0.39, 0.29) is 12.0 Å². The van der Waals surface area contributed by atoms with Gasteiger partial charge in [0.15, 0.2) is 0 Å². The molecule has 20 heavy (non-hydrogen) atoms. The zero-order valence-electron chi connectivity index (χ0n) is 11.9. The summed E-state index contributed by atoms with van der Waals surface area (Å²) in [5.41, 5.74) is 5.08. The monoisotopic (exact) mass is 388 g/mol. The summed E-state index contributed by atoms with van der Waals surface area (Å²) < 4.78 is 7.14. The second kappa shape index (κ2) is 6.30. The summed E-state index contributed by atoms with van der Waals surface area (Å²) in [4.78, 5) is 13.9. The van der Waals surface area contributed by atoms with Gasteiger partial charge in [-0.3, -0.25) is 4.79 Å². The van der Waals surface area contributed by atoms with Crippen LogP contribution in [-0.4, -0.2) is 35.5 Å². The molecule has 0 bridgehead atoms. The molecule has 1 aliphatic rings. The van der Waals surface area contributed by atoms with Crippen molar-refractivity contribution in [2.75, 3.05) is 13.1 Å². The molecule has 1 aliphatic heterocycles. The predicted octanol–water partition coefficient (Wildman–Crippen LogP) is 2.40. The SMILES string of the molecule is CC(C)(N)C(=O)N1CCC(Oc2ccccc2I)CC1. The van der Waals surface area contributed by atoms with Crippen LogP contribution in [0.4, 0.5) is 0 Å². The first-order valence-electron chi connectivity index (χ1n) is 6.87. The number of rotatable bonds is 3. The van der Waals surface area contributed by atoms with E-state index in [9.17, 15) is 4.79 Å². The molecule has 1 saturated heterocycles. The lowest BCUT2D eigenvalue weighted by atomic mass is 10.0. The largest absolute Gasteiger partial charge is 0.489 e. The number of nitrogens with two attached hydrogens (primary N) is 1. The molecule has 0 unspecified atom stereocenters. The lowest BCUT2D eigenvalue weighted by Crippen LogP contribution is -2.54. The minimum Gasteiger partial charge on any atom is -0.489 e. The molecular weight excluding hydrogens is 367 g/mol. The molecular formula is C15H21IN2O2. The van der Waals surface area contributed by atoms with Gasteiger partial charge in [-0.15, -0.1) is 0 Å². The second-order valence-corrected chi connectivity index (χ2v) is 6.92. The van der Waals surface area contributed by atoms with Gasteiger partial charge in [0.1, 0.15) is 11.9 Å². The number of amides is 1. The van der Waals surface area contributed by atoms with Crippen molar-refractivity contribution in [1.82, 2.24) is 4.90 Å². The van der Waals surface area contributed by atoms with Crippen LogP contribution in [0.25, 0.3) is 0 Å². The van der Waals surface area contributed by atoms with Crippen LogP contribution in [0.1, 0.15) is 26.7 Å². The summed E-state index contributed by atoms with van der Waals surface area (Å²) in [5, 5.41) is 0. The number of para-hydroxylation sites is 1. The van der Waals surface area contributed by atoms with E-state index < -0.39 is 5.54 Å². The minimum atomic E-state index is -0.789. The summed E-state index contributed by atoms with van der Waals surface area (Å²) in [6.07, 6.45) is 1.88. The number of hydrogen-bond donors (Lipinski definition) is 1. The fourth-order valence-corrected chi connectivity index (χ4v) is 2.82. The maximum absolute atomic E-state index is 12.1. The second-order valence-electron chi connectivity index (χ2n) is 5.76. The molecule has 0 atom stereocenters. The van der Waals surface area contributed by atoms with Gasteiger partial charge in [-0.2, -0.15) is 0 Å². The van der Waals surface area contributed by atoms with E-state index in [1.54, 1.807) is 13.8 Å². The Morgan fingerprint density at radius 1 is 1.35 bits per heavy atom. The highest BCUT2D eigenvalue weighted by Crippen LogP contribution is 2.24. The molecule has 0 aromatic heterocycles. The third kappa shape index (κ3) is 3.85. The highest BCUT2D eigenvalue weighted by Gasteiger charge is 2.31. The van der Waals surface area contributed by atoms with Crippen LogP contribution >= 0.6 is 22.6 Å². The fraction of sp³-hybridized carbons (Fsp3) is 0.533. The lowest BCUT2D eigenvalue weighted by molar-refractivity contribution is -0.137. The smallest absolute Gasteiger partial charge is 0.242 e. The normalized spacial score (nSPS) is 17.1. The molecule has 0 aliphatic carbocycles. The first-order chi connectivity index (χ1) is 9.38. The van der Waals surface area contributed by atoms with E-state index in [0.717, 1.165) is 22.2 Å². The Morgan fingerprint density at radius 2 is 1.95 bits per heavy atom. The molecule has 0 saturated carbocycles. The first kappa shape index (κ1) is 15.6. The molecule has 5 heteroatoms. The third-order valence-electron chi connectivity index (χ3n) is 3.41. The molecule has 2 N–H and O–H groups in total. The van der Waals surface area contributed by atoms with Crippen molar-refractivity contribution in [1.29, 1.82) is 0 Å². The van der Waals surface area contributed by atoms with Gasteiger partial charge in [-0.05, 0) is 48.6 Å². The third-order valence-corrected chi connectivity index (χ3v) is 4.30. The average Bonchev–Trinajstić information content (AvgIpc) is 2.40. The molecule has 1 aromatic carbocycles. The fourth-order valence-electron chi connectivity index (χ4n) is 2.30. The Labute approximate surface area is 133 Å². The molecule has 2 rings (SSSR count). The molecule has 1 amide bonds. The van der Waals surface area contributed by atoms with Crippen molar-refractivity contribution < 1.29 is 9.53 Å². The molecule has 1 fully saturated rings. The summed E-state index contributed by atoms with van der Waals surface area (Å²) in [7, 11) is 0. The van der Waals surface area contributed by atoms with Crippen molar-refractivity contribution in [3.63, 3.8) is 0 Å². The van der Waals surface area contributed by atoms with Crippen molar-refractivity contribution >= 4 is 28.5 Å². The van der Waals surface area contributed by atoms with Gasteiger partial charge in [0, 0.05) is 25.9 Å². The summed E-state index contributed by atoms with van der Waals surface area (Å²) >= 11 is 2.28. The maximum Gasteiger partial charge on any atom is 0.242 e.